The molecular formula is C14H15FN4O. The van der Waals surface area contributed by atoms with Crippen LogP contribution >= 0.6 is 0 Å². The molecule has 20 heavy (non-hydrogen) atoms. The van der Waals surface area contributed by atoms with Crippen LogP contribution in [0.5, 0.6) is 0 Å². The van der Waals surface area contributed by atoms with E-state index in [0.717, 1.165) is 19.5 Å². The fourth-order valence-electron chi connectivity index (χ4n) is 2.22. The van der Waals surface area contributed by atoms with Crippen molar-refractivity contribution in [3.8, 4) is 5.69 Å². The molecule has 2 heterocycles. The molecule has 1 amide bonds. The summed E-state index contributed by atoms with van der Waals surface area (Å²) in [6.45, 7) is 1.72. The first kappa shape index (κ1) is 12.8. The Bertz CT molecular complexity index is 602. The van der Waals surface area contributed by atoms with Gasteiger partial charge in [-0.05, 0) is 43.3 Å². The second-order valence-electron chi connectivity index (χ2n) is 4.79. The number of carbonyl (C=O) groups is 1. The van der Waals surface area contributed by atoms with E-state index in [1.165, 1.54) is 12.1 Å². The van der Waals surface area contributed by atoms with Gasteiger partial charge >= 0.3 is 0 Å². The Morgan fingerprint density at radius 2 is 2.15 bits per heavy atom. The molecule has 1 fully saturated rings. The second kappa shape index (κ2) is 5.42. The molecule has 0 radical (unpaired) electrons. The molecule has 1 unspecified atom stereocenters. The van der Waals surface area contributed by atoms with Crippen molar-refractivity contribution in [2.75, 3.05) is 13.1 Å². The van der Waals surface area contributed by atoms with Crippen LogP contribution in [0.1, 0.15) is 16.9 Å². The zero-order valence-electron chi connectivity index (χ0n) is 10.8. The molecule has 1 aliphatic rings. The van der Waals surface area contributed by atoms with Gasteiger partial charge in [-0.1, -0.05) is 0 Å². The summed E-state index contributed by atoms with van der Waals surface area (Å²) in [5, 5.41) is 10.3. The van der Waals surface area contributed by atoms with Gasteiger partial charge in [0.1, 0.15) is 5.82 Å². The van der Waals surface area contributed by atoms with E-state index in [2.05, 4.69) is 15.7 Å². The van der Waals surface area contributed by atoms with E-state index in [4.69, 9.17) is 0 Å². The van der Waals surface area contributed by atoms with Crippen LogP contribution < -0.4 is 10.6 Å². The van der Waals surface area contributed by atoms with Gasteiger partial charge in [0, 0.05) is 18.8 Å². The van der Waals surface area contributed by atoms with Gasteiger partial charge in [0.2, 0.25) is 0 Å². The summed E-state index contributed by atoms with van der Waals surface area (Å²) >= 11 is 0. The molecule has 2 N–H and O–H groups in total. The maximum atomic E-state index is 12.9. The van der Waals surface area contributed by atoms with Crippen molar-refractivity contribution in [1.82, 2.24) is 20.4 Å². The highest BCUT2D eigenvalue weighted by atomic mass is 19.1. The fourth-order valence-corrected chi connectivity index (χ4v) is 2.22. The van der Waals surface area contributed by atoms with Crippen molar-refractivity contribution < 1.29 is 9.18 Å². The van der Waals surface area contributed by atoms with Gasteiger partial charge in [-0.2, -0.15) is 5.10 Å². The Balaban J connectivity index is 1.72. The standard InChI is InChI=1S/C14H15FN4O/c15-10-1-3-12(4-2-10)19-8-6-13(18-19)14(20)17-11-5-7-16-9-11/h1-4,6,8,11,16H,5,7,9H2,(H,17,20). The maximum absolute atomic E-state index is 12.9. The van der Waals surface area contributed by atoms with Crippen molar-refractivity contribution in [1.29, 1.82) is 0 Å². The largest absolute Gasteiger partial charge is 0.347 e. The van der Waals surface area contributed by atoms with Gasteiger partial charge < -0.3 is 10.6 Å². The predicted octanol–water partition coefficient (Wildman–Crippen LogP) is 1.10. The van der Waals surface area contributed by atoms with Crippen LogP contribution in [-0.4, -0.2) is 34.8 Å². The monoisotopic (exact) mass is 274 g/mol. The molecule has 104 valence electrons. The van der Waals surface area contributed by atoms with Crippen molar-refractivity contribution in [3.63, 3.8) is 0 Å². The minimum atomic E-state index is -0.299. The zero-order valence-corrected chi connectivity index (χ0v) is 10.8. The van der Waals surface area contributed by atoms with Crippen LogP contribution in [0.3, 0.4) is 0 Å². The van der Waals surface area contributed by atoms with E-state index in [-0.39, 0.29) is 17.8 Å². The zero-order chi connectivity index (χ0) is 13.9. The smallest absolute Gasteiger partial charge is 0.272 e. The molecule has 1 atom stereocenters. The fraction of sp³-hybridized carbons (Fsp3) is 0.286. The second-order valence-corrected chi connectivity index (χ2v) is 4.79. The number of rotatable bonds is 3. The Morgan fingerprint density at radius 1 is 1.35 bits per heavy atom. The SMILES string of the molecule is O=C(NC1CCNC1)c1ccn(-c2ccc(F)cc2)n1. The van der Waals surface area contributed by atoms with E-state index in [0.29, 0.717) is 11.4 Å². The van der Waals surface area contributed by atoms with Gasteiger partial charge in [-0.25, -0.2) is 9.07 Å². The lowest BCUT2D eigenvalue weighted by molar-refractivity contribution is 0.0934. The quantitative estimate of drug-likeness (QED) is 0.881. The predicted molar refractivity (Wildman–Crippen MR) is 72.3 cm³/mol. The lowest BCUT2D eigenvalue weighted by atomic mass is 10.2. The first-order chi connectivity index (χ1) is 9.72. The third kappa shape index (κ3) is 2.70. The lowest BCUT2D eigenvalue weighted by Gasteiger charge is -2.09. The number of benzene rings is 1. The Labute approximate surface area is 115 Å². The highest BCUT2D eigenvalue weighted by Gasteiger charge is 2.18. The molecule has 6 heteroatoms. The Kier molecular flexibility index (Phi) is 3.47. The molecule has 3 rings (SSSR count). The minimum Gasteiger partial charge on any atom is -0.347 e. The van der Waals surface area contributed by atoms with Crippen molar-refractivity contribution >= 4 is 5.91 Å². The first-order valence-corrected chi connectivity index (χ1v) is 6.55. The summed E-state index contributed by atoms with van der Waals surface area (Å²) < 4.78 is 14.4. The van der Waals surface area contributed by atoms with Crippen LogP contribution in [-0.2, 0) is 0 Å². The van der Waals surface area contributed by atoms with Gasteiger partial charge in [0.15, 0.2) is 5.69 Å². The third-order valence-corrected chi connectivity index (χ3v) is 3.31. The molecule has 0 aliphatic carbocycles. The summed E-state index contributed by atoms with van der Waals surface area (Å²) in [6, 6.07) is 7.78. The maximum Gasteiger partial charge on any atom is 0.272 e. The Hall–Kier alpha value is -2.21. The number of hydrogen-bond donors (Lipinski definition) is 2. The first-order valence-electron chi connectivity index (χ1n) is 6.55. The number of carbonyl (C=O) groups excluding carboxylic acids is 1. The molecule has 0 spiro atoms. The van der Waals surface area contributed by atoms with Crippen molar-refractivity contribution in [2.24, 2.45) is 0 Å². The van der Waals surface area contributed by atoms with E-state index in [1.807, 2.05) is 0 Å². The molecule has 1 aromatic carbocycles. The van der Waals surface area contributed by atoms with Crippen LogP contribution in [0.25, 0.3) is 5.69 Å². The number of hydrogen-bond acceptors (Lipinski definition) is 3. The van der Waals surface area contributed by atoms with Gasteiger partial charge in [0.25, 0.3) is 5.91 Å². The van der Waals surface area contributed by atoms with Crippen LogP contribution in [0.4, 0.5) is 4.39 Å². The Morgan fingerprint density at radius 3 is 2.85 bits per heavy atom. The minimum absolute atomic E-state index is 0.165. The van der Waals surface area contributed by atoms with Crippen molar-refractivity contribution in [2.45, 2.75) is 12.5 Å². The summed E-state index contributed by atoms with van der Waals surface area (Å²) in [5.74, 6) is -0.479. The highest BCUT2D eigenvalue weighted by molar-refractivity contribution is 5.92. The van der Waals surface area contributed by atoms with Crippen LogP contribution in [0.15, 0.2) is 36.5 Å². The molecule has 0 saturated carbocycles. The number of aromatic nitrogens is 2. The van der Waals surface area contributed by atoms with Crippen LogP contribution in [0, 0.1) is 5.82 Å². The summed E-state index contributed by atoms with van der Waals surface area (Å²) in [7, 11) is 0. The molecule has 1 aromatic heterocycles. The average molecular weight is 274 g/mol. The normalized spacial score (nSPS) is 18.1. The van der Waals surface area contributed by atoms with E-state index >= 15 is 0 Å². The molecule has 2 aromatic rings. The number of nitrogens with zero attached hydrogens (tertiary/aromatic N) is 2. The van der Waals surface area contributed by atoms with E-state index in [1.54, 1.807) is 29.1 Å². The summed E-state index contributed by atoms with van der Waals surface area (Å²) in [6.07, 6.45) is 2.62. The third-order valence-electron chi connectivity index (χ3n) is 3.31. The molecule has 0 bridgehead atoms. The highest BCUT2D eigenvalue weighted by Crippen LogP contribution is 2.09. The molecule has 5 nitrogen and oxygen atoms in total. The molecular weight excluding hydrogens is 259 g/mol. The number of halogens is 1. The lowest BCUT2D eigenvalue weighted by Crippen LogP contribution is -2.36. The van der Waals surface area contributed by atoms with E-state index < -0.39 is 0 Å². The summed E-state index contributed by atoms with van der Waals surface area (Å²) in [4.78, 5) is 12.0. The number of nitrogens with one attached hydrogen (secondary N) is 2. The molecule has 1 aliphatic heterocycles. The van der Waals surface area contributed by atoms with Gasteiger partial charge in [0.05, 0.1) is 5.69 Å². The molecule has 1 saturated heterocycles. The average Bonchev–Trinajstić information content (AvgIpc) is 3.10. The van der Waals surface area contributed by atoms with Crippen molar-refractivity contribution in [3.05, 3.63) is 48.0 Å². The van der Waals surface area contributed by atoms with Crippen LogP contribution in [0.2, 0.25) is 0 Å². The number of amides is 1. The van der Waals surface area contributed by atoms with Gasteiger partial charge in [-0.15, -0.1) is 0 Å². The van der Waals surface area contributed by atoms with Gasteiger partial charge in [-0.3, -0.25) is 4.79 Å². The summed E-state index contributed by atoms with van der Waals surface area (Å²) in [5.41, 5.74) is 1.08. The topological polar surface area (TPSA) is 59.0 Å². The van der Waals surface area contributed by atoms with E-state index in [9.17, 15) is 9.18 Å².